The molecule has 94 valence electrons. The topological polar surface area (TPSA) is 66.5 Å². The molecule has 1 aliphatic carbocycles. The number of barbiturate groups is 1. The maximum atomic E-state index is 12.1. The van der Waals surface area contributed by atoms with E-state index in [1.807, 2.05) is 0 Å². The minimum absolute atomic E-state index is 0.0312. The molecule has 5 heteroatoms. The maximum absolute atomic E-state index is 12.1. The van der Waals surface area contributed by atoms with Crippen LogP contribution in [-0.2, 0) is 9.59 Å². The number of nitrogens with one attached hydrogen (secondary N) is 1. The van der Waals surface area contributed by atoms with Gasteiger partial charge in [-0.2, -0.15) is 0 Å². The Bertz CT molecular complexity index is 397. The number of rotatable bonds is 2. The molecule has 1 saturated heterocycles. The predicted octanol–water partition coefficient (Wildman–Crippen LogP) is 1.28. The first kappa shape index (κ1) is 12.1. The third-order valence-electron chi connectivity index (χ3n) is 3.91. The zero-order valence-electron chi connectivity index (χ0n) is 10.5. The van der Waals surface area contributed by atoms with E-state index < -0.39 is 17.4 Å². The van der Waals surface area contributed by atoms with Crippen LogP contribution < -0.4 is 5.32 Å². The molecule has 5 nitrogen and oxygen atoms in total. The summed E-state index contributed by atoms with van der Waals surface area (Å²) in [5, 5.41) is 2.25. The zero-order valence-corrected chi connectivity index (χ0v) is 10.5. The number of hydrogen-bond acceptors (Lipinski definition) is 3. The summed E-state index contributed by atoms with van der Waals surface area (Å²) < 4.78 is 0. The van der Waals surface area contributed by atoms with Crippen molar-refractivity contribution < 1.29 is 14.4 Å². The number of carbonyl (C=O) groups excluding carboxylic acids is 3. The first-order valence-corrected chi connectivity index (χ1v) is 5.94. The van der Waals surface area contributed by atoms with Crippen molar-refractivity contribution in [1.82, 2.24) is 10.2 Å². The second kappa shape index (κ2) is 3.55. The van der Waals surface area contributed by atoms with E-state index in [9.17, 15) is 14.4 Å². The molecule has 2 aliphatic rings. The van der Waals surface area contributed by atoms with Crippen LogP contribution in [0, 0.1) is 10.8 Å². The average molecular weight is 238 g/mol. The monoisotopic (exact) mass is 238 g/mol. The van der Waals surface area contributed by atoms with E-state index in [2.05, 4.69) is 12.2 Å². The van der Waals surface area contributed by atoms with Gasteiger partial charge in [0.15, 0.2) is 0 Å². The van der Waals surface area contributed by atoms with Gasteiger partial charge in [0.2, 0.25) is 11.8 Å². The van der Waals surface area contributed by atoms with Crippen molar-refractivity contribution in [2.45, 2.75) is 40.0 Å². The fourth-order valence-electron chi connectivity index (χ4n) is 2.31. The highest BCUT2D eigenvalue weighted by Gasteiger charge is 2.49. The fourth-order valence-corrected chi connectivity index (χ4v) is 2.31. The lowest BCUT2D eigenvalue weighted by molar-refractivity contribution is -0.150. The highest BCUT2D eigenvalue weighted by Crippen LogP contribution is 2.41. The highest BCUT2D eigenvalue weighted by atomic mass is 16.2. The highest BCUT2D eigenvalue weighted by molar-refractivity contribution is 6.18. The van der Waals surface area contributed by atoms with Crippen LogP contribution in [-0.4, -0.2) is 29.3 Å². The molecule has 1 N–H and O–H groups in total. The number of nitrogens with zero attached hydrogens (tertiary/aromatic N) is 1. The van der Waals surface area contributed by atoms with Gasteiger partial charge in [-0.1, -0.05) is 13.3 Å². The Morgan fingerprint density at radius 3 is 2.24 bits per heavy atom. The van der Waals surface area contributed by atoms with Gasteiger partial charge in [0.25, 0.3) is 0 Å². The summed E-state index contributed by atoms with van der Waals surface area (Å²) >= 11 is 0. The molecule has 1 saturated carbocycles. The number of carbonyl (C=O) groups is 3. The molecular formula is C12H18N2O3. The van der Waals surface area contributed by atoms with E-state index in [0.29, 0.717) is 6.54 Å². The normalized spacial score (nSPS) is 26.5. The van der Waals surface area contributed by atoms with Crippen LogP contribution in [0.2, 0.25) is 0 Å². The largest absolute Gasteiger partial charge is 0.330 e. The molecule has 0 radical (unpaired) electrons. The smallest absolute Gasteiger partial charge is 0.277 e. The number of urea groups is 1. The van der Waals surface area contributed by atoms with Crippen molar-refractivity contribution in [3.05, 3.63) is 0 Å². The van der Waals surface area contributed by atoms with Crippen LogP contribution in [0.15, 0.2) is 0 Å². The number of imide groups is 2. The molecule has 0 bridgehead atoms. The Labute approximate surface area is 101 Å². The van der Waals surface area contributed by atoms with Gasteiger partial charge in [-0.05, 0) is 32.1 Å². The van der Waals surface area contributed by atoms with Crippen molar-refractivity contribution in [2.75, 3.05) is 6.54 Å². The summed E-state index contributed by atoms with van der Waals surface area (Å²) in [7, 11) is 0. The lowest BCUT2D eigenvalue weighted by Crippen LogP contribution is -2.63. The second-order valence-corrected chi connectivity index (χ2v) is 5.94. The number of hydrogen-bond donors (Lipinski definition) is 1. The van der Waals surface area contributed by atoms with E-state index in [-0.39, 0.29) is 11.3 Å². The minimum atomic E-state index is -1.14. The van der Waals surface area contributed by atoms with E-state index in [0.717, 1.165) is 19.3 Å². The Balaban J connectivity index is 2.18. The van der Waals surface area contributed by atoms with E-state index in [4.69, 9.17) is 0 Å². The van der Waals surface area contributed by atoms with Crippen LogP contribution in [0.4, 0.5) is 4.79 Å². The third kappa shape index (κ3) is 1.83. The summed E-state index contributed by atoms with van der Waals surface area (Å²) in [6.07, 6.45) is 3.19. The van der Waals surface area contributed by atoms with E-state index in [1.165, 1.54) is 4.90 Å². The van der Waals surface area contributed by atoms with Gasteiger partial charge in [0.05, 0.1) is 0 Å². The molecule has 0 unspecified atom stereocenters. The SMILES string of the molecule is CC1(CN2C(=O)NC(=O)C(C)(C)C2=O)CCC1. The van der Waals surface area contributed by atoms with Crippen molar-refractivity contribution >= 4 is 17.8 Å². The third-order valence-corrected chi connectivity index (χ3v) is 3.91. The summed E-state index contributed by atoms with van der Waals surface area (Å²) in [5.41, 5.74) is -1.11. The van der Waals surface area contributed by atoms with Crippen LogP contribution in [0.5, 0.6) is 0 Å². The summed E-state index contributed by atoms with van der Waals surface area (Å²) in [4.78, 5) is 36.6. The maximum Gasteiger partial charge on any atom is 0.330 e. The Hall–Kier alpha value is -1.39. The zero-order chi connectivity index (χ0) is 12.8. The number of amides is 4. The van der Waals surface area contributed by atoms with Crippen LogP contribution in [0.25, 0.3) is 0 Å². The molecule has 1 heterocycles. The molecule has 0 aromatic rings. The van der Waals surface area contributed by atoms with Gasteiger partial charge in [0.1, 0.15) is 5.41 Å². The van der Waals surface area contributed by atoms with Gasteiger partial charge in [-0.3, -0.25) is 19.8 Å². The van der Waals surface area contributed by atoms with E-state index >= 15 is 0 Å². The molecule has 17 heavy (non-hydrogen) atoms. The molecule has 1 aliphatic heterocycles. The van der Waals surface area contributed by atoms with Gasteiger partial charge in [-0.25, -0.2) is 4.79 Å². The standard InChI is InChI=1S/C12H18N2O3/c1-11(2)8(15)13-10(17)14(9(11)16)7-12(3)5-4-6-12/h4-7H2,1-3H3,(H,13,15,17). The van der Waals surface area contributed by atoms with Crippen molar-refractivity contribution in [3.8, 4) is 0 Å². The molecule has 2 fully saturated rings. The lowest BCUT2D eigenvalue weighted by Gasteiger charge is -2.44. The first-order valence-electron chi connectivity index (χ1n) is 5.94. The quantitative estimate of drug-likeness (QED) is 0.737. The van der Waals surface area contributed by atoms with Crippen LogP contribution in [0.3, 0.4) is 0 Å². The first-order chi connectivity index (χ1) is 7.76. The second-order valence-electron chi connectivity index (χ2n) is 5.94. The fraction of sp³-hybridized carbons (Fsp3) is 0.750. The van der Waals surface area contributed by atoms with Gasteiger partial charge in [0, 0.05) is 6.54 Å². The minimum Gasteiger partial charge on any atom is -0.277 e. The van der Waals surface area contributed by atoms with Crippen molar-refractivity contribution in [2.24, 2.45) is 10.8 Å². The molecule has 0 atom stereocenters. The molecule has 0 aromatic heterocycles. The predicted molar refractivity (Wildman–Crippen MR) is 61.0 cm³/mol. The molecular weight excluding hydrogens is 220 g/mol. The van der Waals surface area contributed by atoms with E-state index in [1.54, 1.807) is 13.8 Å². The van der Waals surface area contributed by atoms with Crippen molar-refractivity contribution in [3.63, 3.8) is 0 Å². The summed E-state index contributed by atoms with van der Waals surface area (Å²) in [5.74, 6) is -0.901. The van der Waals surface area contributed by atoms with Gasteiger partial charge < -0.3 is 0 Å². The Morgan fingerprint density at radius 1 is 1.18 bits per heavy atom. The summed E-state index contributed by atoms with van der Waals surface area (Å²) in [6, 6.07) is -0.576. The lowest BCUT2D eigenvalue weighted by atomic mass is 9.70. The van der Waals surface area contributed by atoms with Crippen molar-refractivity contribution in [1.29, 1.82) is 0 Å². The molecule has 2 rings (SSSR count). The average Bonchev–Trinajstić information content (AvgIpc) is 2.20. The Morgan fingerprint density at radius 2 is 1.76 bits per heavy atom. The summed E-state index contributed by atoms with van der Waals surface area (Å²) in [6.45, 7) is 5.58. The molecule has 0 spiro atoms. The van der Waals surface area contributed by atoms with Crippen LogP contribution >= 0.6 is 0 Å². The Kier molecular flexibility index (Phi) is 2.52. The molecule has 0 aromatic carbocycles. The van der Waals surface area contributed by atoms with Gasteiger partial charge in [-0.15, -0.1) is 0 Å². The molecule has 4 amide bonds. The van der Waals surface area contributed by atoms with Gasteiger partial charge >= 0.3 is 6.03 Å². The van der Waals surface area contributed by atoms with Crippen LogP contribution in [0.1, 0.15) is 40.0 Å².